The summed E-state index contributed by atoms with van der Waals surface area (Å²) in [4.78, 5) is 109. The van der Waals surface area contributed by atoms with E-state index >= 15 is 0 Å². The van der Waals surface area contributed by atoms with Crippen LogP contribution in [-0.2, 0) is 67.7 Å². The van der Waals surface area contributed by atoms with Gasteiger partial charge in [0, 0.05) is 109 Å². The average molecular weight is 1470 g/mol. The Hall–Kier alpha value is -8.03. The van der Waals surface area contributed by atoms with Crippen LogP contribution in [0.25, 0.3) is 32.7 Å². The number of likely N-dealkylation sites (tertiary alicyclic amines) is 3. The SMILES string of the molecule is C#CCO[C@@H]1C[C@@H](C(=O)CC[C@@H]2CC(Br)=NO2)N(C(=O)OCc2cnc3ccccc3c2)C1.O=C(CC[C@@H]1CC(Br)=NO1)[C@@H]1C[C@H](F)CN1C(=O)OCc1cnc2ccccc2c1.O=C(CC[C@@H]1CC(Br)=NO1)[C@@H]1C[C@H](O)CN1C(=O)OCc1cnc2ccccc2c1. The van der Waals surface area contributed by atoms with E-state index < -0.39 is 48.7 Å². The summed E-state index contributed by atoms with van der Waals surface area (Å²) in [6.07, 6.45) is 10.4. The van der Waals surface area contributed by atoms with Crippen LogP contribution in [0.5, 0.6) is 0 Å². The standard InChI is InChI=1S/C24H24BrN3O5.C21H21BrFN3O4.C21H22BrN3O5/c1-2-9-31-19-11-21(22(29)8-7-18-12-23(25)27-33-18)28(14-19)24(30)32-15-16-10-17-5-3-4-6-20(17)26-13-16;22-20-9-16(30-25-20)5-6-19(27)18-8-15(23)11-26(18)21(28)29-12-13-7-14-3-1-2-4-17(14)24-10-13;22-20-9-16(30-24-20)5-6-19(27)18-8-15(26)11-25(18)21(28)29-12-13-7-14-3-1-2-4-17(14)23-10-13/h1,3-6,10,13,18-19,21H,7-9,11-12,14-15H2;1-4,7,10,15-16,18H,5-6,8-9,11-12H2;1-4,7,10,15-16,18,26H,5-6,8-9,11-12H2/t18-,19-,21+;2*15-,16+,18-/m100/s1. The highest BCUT2D eigenvalue weighted by Gasteiger charge is 2.43. The highest BCUT2D eigenvalue weighted by atomic mass is 79.9. The number of nitrogens with zero attached hydrogens (tertiary/aromatic N) is 9. The summed E-state index contributed by atoms with van der Waals surface area (Å²) < 4.78 is 38.1. The van der Waals surface area contributed by atoms with E-state index in [-0.39, 0.29) is 120 Å². The van der Waals surface area contributed by atoms with Crippen LogP contribution in [-0.4, -0.2) is 165 Å². The minimum atomic E-state index is -1.24. The normalized spacial score (nSPS) is 22.9. The summed E-state index contributed by atoms with van der Waals surface area (Å²) in [5.74, 6) is 2.07. The number of Topliss-reactive ketones (excluding diaryl/α,β-unsaturated/α-hetero) is 3. The number of amides is 3. The van der Waals surface area contributed by atoms with Crippen LogP contribution in [0.4, 0.5) is 18.8 Å². The van der Waals surface area contributed by atoms with E-state index in [9.17, 15) is 38.3 Å². The fraction of sp³-hybridized carbons (Fsp3) is 0.424. The summed E-state index contributed by atoms with van der Waals surface area (Å²) in [6.45, 7) is 0.433. The van der Waals surface area contributed by atoms with Crippen molar-refractivity contribution >= 4 is 130 Å². The first-order chi connectivity index (χ1) is 45.0. The molecule has 488 valence electrons. The van der Waals surface area contributed by atoms with Gasteiger partial charge in [0.2, 0.25) is 0 Å². The van der Waals surface area contributed by atoms with Gasteiger partial charge in [-0.3, -0.25) is 44.0 Å². The number of aromatic nitrogens is 3. The number of rotatable bonds is 20. The maximum atomic E-state index is 14.0. The van der Waals surface area contributed by atoms with Crippen molar-refractivity contribution in [2.24, 2.45) is 15.5 Å². The molecule has 3 amide bonds. The Morgan fingerprint density at radius 2 is 0.903 bits per heavy atom. The number of carbonyl (C=O) groups excluding carboxylic acids is 6. The van der Waals surface area contributed by atoms with Crippen molar-refractivity contribution in [3.8, 4) is 12.3 Å². The van der Waals surface area contributed by atoms with E-state index in [0.717, 1.165) is 58.6 Å². The fourth-order valence-corrected chi connectivity index (χ4v) is 12.9. The summed E-state index contributed by atoms with van der Waals surface area (Å²) >= 11 is 9.82. The quantitative estimate of drug-likeness (QED) is 0.0549. The molecule has 0 bridgehead atoms. The maximum absolute atomic E-state index is 14.0. The number of para-hydroxylation sites is 3. The number of hydrogen-bond acceptors (Lipinski definition) is 20. The number of oxime groups is 3. The Morgan fingerprint density at radius 1 is 0.538 bits per heavy atom. The molecule has 3 fully saturated rings. The summed E-state index contributed by atoms with van der Waals surface area (Å²) in [6, 6.07) is 26.6. The number of alkyl halides is 1. The van der Waals surface area contributed by atoms with Crippen LogP contribution in [0.3, 0.4) is 0 Å². The van der Waals surface area contributed by atoms with Gasteiger partial charge in [-0.25, -0.2) is 18.8 Å². The molecule has 27 heteroatoms. The molecule has 3 aromatic heterocycles. The lowest BCUT2D eigenvalue weighted by molar-refractivity contribution is -0.124. The number of pyridine rings is 3. The molecule has 3 aromatic carbocycles. The molecule has 3 saturated heterocycles. The number of fused-ring (bicyclic) bond motifs is 3. The molecule has 0 spiro atoms. The fourth-order valence-electron chi connectivity index (χ4n) is 11.5. The molecular formula is C66H67Br3FN9O14. The molecule has 6 aliphatic rings. The lowest BCUT2D eigenvalue weighted by Gasteiger charge is -2.23. The predicted octanol–water partition coefficient (Wildman–Crippen LogP) is 11.1. The molecular weight excluding hydrogens is 1400 g/mol. The smallest absolute Gasteiger partial charge is 0.410 e. The minimum absolute atomic E-state index is 0.00280. The first kappa shape index (κ1) is 67.8. The number of aliphatic hydroxyl groups excluding tert-OH is 1. The lowest BCUT2D eigenvalue weighted by atomic mass is 10.0. The van der Waals surface area contributed by atoms with Gasteiger partial charge in [-0.2, -0.15) is 0 Å². The van der Waals surface area contributed by atoms with E-state index in [0.29, 0.717) is 49.6 Å². The number of ketones is 3. The topological polar surface area (TPSA) is 273 Å². The molecule has 0 unspecified atom stereocenters. The number of β-amino-alcohol motifs (C(OH)–C–C–N with tert-alkyl or cyclic N) is 1. The summed E-state index contributed by atoms with van der Waals surface area (Å²) in [7, 11) is 0. The Morgan fingerprint density at radius 3 is 1.29 bits per heavy atom. The number of hydrogen-bond donors (Lipinski definition) is 1. The molecule has 0 aliphatic carbocycles. The molecule has 0 radical (unpaired) electrons. The average Bonchev–Trinajstić information content (AvgIpc) is 1.97. The second-order valence-corrected chi connectivity index (χ2v) is 25.8. The van der Waals surface area contributed by atoms with Crippen LogP contribution in [0.15, 0.2) is 125 Å². The van der Waals surface area contributed by atoms with Crippen molar-refractivity contribution in [1.29, 1.82) is 0 Å². The van der Waals surface area contributed by atoms with Gasteiger partial charge in [0.15, 0.2) is 17.3 Å². The lowest BCUT2D eigenvalue weighted by Crippen LogP contribution is -2.41. The minimum Gasteiger partial charge on any atom is -0.444 e. The van der Waals surface area contributed by atoms with Crippen molar-refractivity contribution in [2.45, 2.75) is 152 Å². The number of carbonyl (C=O) groups is 6. The zero-order valence-electron chi connectivity index (χ0n) is 50.4. The van der Waals surface area contributed by atoms with E-state index in [4.69, 9.17) is 39.9 Å². The summed E-state index contributed by atoms with van der Waals surface area (Å²) in [5, 5.41) is 24.3. The van der Waals surface area contributed by atoms with Crippen LogP contribution in [0, 0.1) is 12.3 Å². The Bertz CT molecular complexity index is 3680. The van der Waals surface area contributed by atoms with Crippen molar-refractivity contribution in [3.63, 3.8) is 0 Å². The zero-order chi connectivity index (χ0) is 65.4. The molecule has 93 heavy (non-hydrogen) atoms. The first-order valence-electron chi connectivity index (χ1n) is 30.4. The third kappa shape index (κ3) is 18.9. The van der Waals surface area contributed by atoms with Gasteiger partial charge in [0.1, 0.15) is 64.8 Å². The molecule has 9 atom stereocenters. The van der Waals surface area contributed by atoms with Gasteiger partial charge in [-0.15, -0.1) is 6.42 Å². The highest BCUT2D eigenvalue weighted by molar-refractivity contribution is 9.18. The van der Waals surface area contributed by atoms with Crippen molar-refractivity contribution in [2.75, 3.05) is 26.2 Å². The molecule has 6 aromatic rings. The zero-order valence-corrected chi connectivity index (χ0v) is 55.2. The molecule has 23 nitrogen and oxygen atoms in total. The Labute approximate surface area is 560 Å². The van der Waals surface area contributed by atoms with E-state index in [1.165, 1.54) is 14.7 Å². The molecule has 1 N–H and O–H groups in total. The van der Waals surface area contributed by atoms with Gasteiger partial charge in [0.05, 0.1) is 66.5 Å². The number of halogens is 4. The van der Waals surface area contributed by atoms with Crippen LogP contribution in [0.1, 0.15) is 93.7 Å². The van der Waals surface area contributed by atoms with Crippen molar-refractivity contribution in [3.05, 3.63) is 126 Å². The second-order valence-electron chi connectivity index (χ2n) is 23.1. The van der Waals surface area contributed by atoms with Crippen LogP contribution in [0.2, 0.25) is 0 Å². The highest BCUT2D eigenvalue weighted by Crippen LogP contribution is 2.30. The molecule has 6 aliphatic heterocycles. The van der Waals surface area contributed by atoms with Crippen molar-refractivity contribution in [1.82, 2.24) is 29.7 Å². The third-order valence-corrected chi connectivity index (χ3v) is 17.7. The number of terminal acetylenes is 1. The van der Waals surface area contributed by atoms with Crippen LogP contribution < -0.4 is 0 Å². The summed E-state index contributed by atoms with van der Waals surface area (Å²) in [5.41, 5.74) is 4.84. The first-order valence-corrected chi connectivity index (χ1v) is 32.8. The van der Waals surface area contributed by atoms with Crippen molar-refractivity contribution < 1.29 is 71.7 Å². The van der Waals surface area contributed by atoms with E-state index in [2.05, 4.69) is 84.1 Å². The number of ether oxygens (including phenoxy) is 4. The maximum Gasteiger partial charge on any atom is 0.410 e. The second kappa shape index (κ2) is 32.7. The van der Waals surface area contributed by atoms with Gasteiger partial charge < -0.3 is 38.6 Å². The third-order valence-electron chi connectivity index (χ3n) is 16.3. The van der Waals surface area contributed by atoms with Gasteiger partial charge in [-0.05, 0) is 103 Å². The van der Waals surface area contributed by atoms with Crippen LogP contribution >= 0.6 is 47.8 Å². The van der Waals surface area contributed by atoms with Gasteiger partial charge >= 0.3 is 18.3 Å². The van der Waals surface area contributed by atoms with Gasteiger partial charge in [-0.1, -0.05) is 76.0 Å². The Balaban J connectivity index is 0.000000153. The number of aliphatic hydroxyl groups is 1. The molecule has 0 saturated carbocycles. The van der Waals surface area contributed by atoms with E-state index in [1.54, 1.807) is 18.6 Å². The number of benzene rings is 3. The predicted molar refractivity (Wildman–Crippen MR) is 351 cm³/mol. The molecule has 12 rings (SSSR count). The van der Waals surface area contributed by atoms with Gasteiger partial charge in [0.25, 0.3) is 0 Å². The Kier molecular flexibility index (Phi) is 23.9. The monoisotopic (exact) mass is 1470 g/mol. The molecule has 9 heterocycles. The van der Waals surface area contributed by atoms with E-state index in [1.807, 2.05) is 91.0 Å². The largest absolute Gasteiger partial charge is 0.444 e.